The van der Waals surface area contributed by atoms with Crippen molar-refractivity contribution in [3.05, 3.63) is 88.2 Å². The number of anilines is 3. The molecular weight excluding hydrogens is 455 g/mol. The third-order valence-electron chi connectivity index (χ3n) is 5.74. The summed E-state index contributed by atoms with van der Waals surface area (Å²) in [5.41, 5.74) is 4.07. The van der Waals surface area contributed by atoms with Gasteiger partial charge in [-0.1, -0.05) is 29.8 Å². The molecule has 1 fully saturated rings. The average Bonchev–Trinajstić information content (AvgIpc) is 3.35. The van der Waals surface area contributed by atoms with E-state index < -0.39 is 6.03 Å². The second-order valence-corrected chi connectivity index (χ2v) is 8.69. The number of hydrogen-bond donors (Lipinski definition) is 3. The normalized spacial score (nSPS) is 13.0. The maximum Gasteiger partial charge on any atom is 0.323 e. The number of hydrogen-bond acceptors (Lipinski definition) is 3. The number of nitrogens with zero attached hydrogens (tertiary/aromatic N) is 1. The van der Waals surface area contributed by atoms with E-state index in [2.05, 4.69) is 20.9 Å². The van der Waals surface area contributed by atoms with Crippen LogP contribution in [0.2, 0.25) is 5.02 Å². The van der Waals surface area contributed by atoms with Gasteiger partial charge in [-0.25, -0.2) is 9.18 Å². The summed E-state index contributed by atoms with van der Waals surface area (Å²) in [6.07, 6.45) is 2.14. The van der Waals surface area contributed by atoms with Crippen LogP contribution in [-0.4, -0.2) is 25.0 Å². The summed E-state index contributed by atoms with van der Waals surface area (Å²) in [4.78, 5) is 27.8. The van der Waals surface area contributed by atoms with Crippen LogP contribution >= 0.6 is 11.6 Å². The molecule has 0 aromatic heterocycles. The first-order valence-corrected chi connectivity index (χ1v) is 11.5. The van der Waals surface area contributed by atoms with E-state index in [4.69, 9.17) is 11.6 Å². The molecule has 3 aromatic rings. The monoisotopic (exact) mass is 480 g/mol. The summed E-state index contributed by atoms with van der Waals surface area (Å²) >= 11 is 6.14. The van der Waals surface area contributed by atoms with E-state index in [1.807, 2.05) is 19.1 Å². The molecule has 3 aromatic carbocycles. The Hall–Kier alpha value is -3.58. The van der Waals surface area contributed by atoms with Gasteiger partial charge in [-0.2, -0.15) is 0 Å². The number of aryl methyl sites for hydroxylation is 1. The van der Waals surface area contributed by atoms with Crippen LogP contribution in [-0.2, 0) is 6.54 Å². The molecule has 34 heavy (non-hydrogen) atoms. The van der Waals surface area contributed by atoms with Crippen LogP contribution in [0, 0.1) is 12.7 Å². The van der Waals surface area contributed by atoms with Crippen LogP contribution in [0.4, 0.5) is 26.2 Å². The summed E-state index contributed by atoms with van der Waals surface area (Å²) in [5.74, 6) is -0.586. The van der Waals surface area contributed by atoms with Crippen molar-refractivity contribution < 1.29 is 14.0 Å². The first-order valence-electron chi connectivity index (χ1n) is 11.1. The highest BCUT2D eigenvalue weighted by Crippen LogP contribution is 2.28. The molecule has 1 aliphatic heterocycles. The lowest BCUT2D eigenvalue weighted by Gasteiger charge is -2.22. The fraction of sp³-hybridized carbons (Fsp3) is 0.231. The molecule has 0 radical (unpaired) electrons. The average molecular weight is 481 g/mol. The maximum absolute atomic E-state index is 13.2. The van der Waals surface area contributed by atoms with Crippen LogP contribution in [0.25, 0.3) is 0 Å². The van der Waals surface area contributed by atoms with Crippen LogP contribution in [0.5, 0.6) is 0 Å². The summed E-state index contributed by atoms with van der Waals surface area (Å²) in [6, 6.07) is 16.2. The molecule has 0 atom stereocenters. The lowest BCUT2D eigenvalue weighted by Crippen LogP contribution is -2.27. The zero-order valence-corrected chi connectivity index (χ0v) is 19.6. The molecule has 3 N–H and O–H groups in total. The predicted octanol–water partition coefficient (Wildman–Crippen LogP) is 5.96. The lowest BCUT2D eigenvalue weighted by molar-refractivity contribution is 0.0951. The molecule has 0 aliphatic carbocycles. The molecule has 176 valence electrons. The molecule has 0 bridgehead atoms. The second kappa shape index (κ2) is 10.6. The molecule has 0 saturated carbocycles. The quantitative estimate of drug-likeness (QED) is 0.407. The first kappa shape index (κ1) is 23.6. The fourth-order valence-electron chi connectivity index (χ4n) is 3.87. The number of urea groups is 1. The highest BCUT2D eigenvalue weighted by Gasteiger charge is 2.20. The molecule has 6 nitrogen and oxygen atoms in total. The SMILES string of the molecule is Cc1ccc(NC(=O)Nc2ccc(N3CCCC3)c(C(=O)NCc3ccc(F)cc3)c2)cc1Cl. The summed E-state index contributed by atoms with van der Waals surface area (Å²) in [6.45, 7) is 3.90. The van der Waals surface area contributed by atoms with Crippen molar-refractivity contribution in [3.63, 3.8) is 0 Å². The maximum atomic E-state index is 13.2. The van der Waals surface area contributed by atoms with Crippen molar-refractivity contribution >= 4 is 40.6 Å². The molecule has 0 unspecified atom stereocenters. The lowest BCUT2D eigenvalue weighted by atomic mass is 10.1. The van der Waals surface area contributed by atoms with E-state index in [1.54, 1.807) is 36.4 Å². The minimum atomic E-state index is -0.438. The summed E-state index contributed by atoms with van der Waals surface area (Å²) < 4.78 is 13.2. The summed E-state index contributed by atoms with van der Waals surface area (Å²) in [5, 5.41) is 9.00. The molecule has 3 amide bonds. The molecular formula is C26H26ClFN4O2. The van der Waals surface area contributed by atoms with Crippen LogP contribution in [0.1, 0.15) is 34.3 Å². The van der Waals surface area contributed by atoms with Gasteiger partial charge < -0.3 is 20.9 Å². The number of nitrogens with one attached hydrogen (secondary N) is 3. The Labute approximate surface area is 203 Å². The van der Waals surface area contributed by atoms with Crippen molar-refractivity contribution in [2.75, 3.05) is 28.6 Å². The van der Waals surface area contributed by atoms with Crippen LogP contribution in [0.3, 0.4) is 0 Å². The number of amides is 3. The minimum Gasteiger partial charge on any atom is -0.371 e. The topological polar surface area (TPSA) is 73.5 Å². The van der Waals surface area contributed by atoms with Gasteiger partial charge in [0.15, 0.2) is 0 Å². The van der Waals surface area contributed by atoms with Gasteiger partial charge in [0.25, 0.3) is 5.91 Å². The van der Waals surface area contributed by atoms with Gasteiger partial charge in [-0.15, -0.1) is 0 Å². The Morgan fingerprint density at radius 1 is 0.941 bits per heavy atom. The minimum absolute atomic E-state index is 0.263. The van der Waals surface area contributed by atoms with Crippen molar-refractivity contribution in [2.24, 2.45) is 0 Å². The third kappa shape index (κ3) is 5.85. The van der Waals surface area contributed by atoms with Gasteiger partial charge in [-0.3, -0.25) is 4.79 Å². The summed E-state index contributed by atoms with van der Waals surface area (Å²) in [7, 11) is 0. The number of benzene rings is 3. The highest BCUT2D eigenvalue weighted by molar-refractivity contribution is 6.31. The van der Waals surface area contributed by atoms with Crippen molar-refractivity contribution in [3.8, 4) is 0 Å². The molecule has 0 spiro atoms. The van der Waals surface area contributed by atoms with Gasteiger partial charge in [0.2, 0.25) is 0 Å². The number of halogens is 2. The Morgan fingerprint density at radius 3 is 2.26 bits per heavy atom. The largest absolute Gasteiger partial charge is 0.371 e. The van der Waals surface area contributed by atoms with E-state index in [1.165, 1.54) is 12.1 Å². The molecule has 1 heterocycles. The van der Waals surface area contributed by atoms with E-state index in [-0.39, 0.29) is 18.3 Å². The van der Waals surface area contributed by atoms with Gasteiger partial charge in [-0.05, 0) is 73.4 Å². The van der Waals surface area contributed by atoms with Crippen LogP contribution < -0.4 is 20.9 Å². The zero-order chi connectivity index (χ0) is 24.1. The second-order valence-electron chi connectivity index (χ2n) is 8.28. The molecule has 8 heteroatoms. The predicted molar refractivity (Wildman–Crippen MR) is 134 cm³/mol. The van der Waals surface area contributed by atoms with Crippen molar-refractivity contribution in [2.45, 2.75) is 26.3 Å². The van der Waals surface area contributed by atoms with Crippen molar-refractivity contribution in [1.29, 1.82) is 0 Å². The fourth-order valence-corrected chi connectivity index (χ4v) is 4.05. The molecule has 1 saturated heterocycles. The van der Waals surface area contributed by atoms with Gasteiger partial charge in [0, 0.05) is 41.7 Å². The van der Waals surface area contributed by atoms with Crippen LogP contribution in [0.15, 0.2) is 60.7 Å². The Kier molecular flexibility index (Phi) is 7.33. The van der Waals surface area contributed by atoms with Gasteiger partial charge in [0.05, 0.1) is 5.56 Å². The highest BCUT2D eigenvalue weighted by atomic mass is 35.5. The number of rotatable bonds is 6. The standard InChI is InChI=1S/C26H26ClFN4O2/c1-17-4-9-21(15-23(17)27)31-26(34)30-20-10-11-24(32-12-2-3-13-32)22(14-20)25(33)29-16-18-5-7-19(28)8-6-18/h4-11,14-15H,2-3,12-13,16H2,1H3,(H,29,33)(H2,30,31,34). The third-order valence-corrected chi connectivity index (χ3v) is 6.15. The molecule has 4 rings (SSSR count). The number of carbonyl (C=O) groups excluding carboxylic acids is 2. The zero-order valence-electron chi connectivity index (χ0n) is 18.8. The first-order chi connectivity index (χ1) is 16.4. The van der Waals surface area contributed by atoms with Gasteiger partial charge in [0.1, 0.15) is 5.82 Å². The van der Waals surface area contributed by atoms with E-state index in [0.29, 0.717) is 22.0 Å². The van der Waals surface area contributed by atoms with E-state index in [9.17, 15) is 14.0 Å². The van der Waals surface area contributed by atoms with Gasteiger partial charge >= 0.3 is 6.03 Å². The molecule has 1 aliphatic rings. The Morgan fingerprint density at radius 2 is 1.59 bits per heavy atom. The van der Waals surface area contributed by atoms with E-state index >= 15 is 0 Å². The van der Waals surface area contributed by atoms with E-state index in [0.717, 1.165) is 42.7 Å². The van der Waals surface area contributed by atoms with Crippen molar-refractivity contribution in [1.82, 2.24) is 5.32 Å². The smallest absolute Gasteiger partial charge is 0.323 e. The number of carbonyl (C=O) groups is 2. The Balaban J connectivity index is 1.50. The Bertz CT molecular complexity index is 1190.